The van der Waals surface area contributed by atoms with Crippen LogP contribution < -0.4 is 10.5 Å². The number of amides is 1. The van der Waals surface area contributed by atoms with Gasteiger partial charge in [0, 0.05) is 17.5 Å². The molecule has 0 bridgehead atoms. The fourth-order valence-corrected chi connectivity index (χ4v) is 2.11. The Morgan fingerprint density at radius 3 is 3.11 bits per heavy atom. The van der Waals surface area contributed by atoms with Gasteiger partial charge in [0.05, 0.1) is 6.61 Å². The number of ether oxygens (including phenoxy) is 1. The van der Waals surface area contributed by atoms with Gasteiger partial charge in [-0.05, 0) is 18.2 Å². The lowest BCUT2D eigenvalue weighted by atomic mass is 10.0. The molecule has 92 valence electrons. The van der Waals surface area contributed by atoms with E-state index in [9.17, 15) is 9.18 Å². The fourth-order valence-electron chi connectivity index (χ4n) is 2.11. The number of nitrogens with one attached hydrogen (secondary N) is 1. The number of fused-ring (bicyclic) bond motifs is 3. The Morgan fingerprint density at radius 1 is 1.50 bits per heavy atom. The summed E-state index contributed by atoms with van der Waals surface area (Å²) in [6.45, 7) is 0.394. The van der Waals surface area contributed by atoms with E-state index >= 15 is 0 Å². The van der Waals surface area contributed by atoms with Gasteiger partial charge in [0.2, 0.25) is 0 Å². The molecule has 0 saturated heterocycles. The number of aromatic nitrogens is 2. The molecule has 0 spiro atoms. The average molecular weight is 247 g/mol. The number of rotatable bonds is 1. The molecule has 3 N–H and O–H groups in total. The van der Waals surface area contributed by atoms with Crippen molar-refractivity contribution >= 4 is 5.91 Å². The van der Waals surface area contributed by atoms with Gasteiger partial charge in [0.25, 0.3) is 5.91 Å². The van der Waals surface area contributed by atoms with Crippen LogP contribution in [0.1, 0.15) is 16.1 Å². The highest BCUT2D eigenvalue weighted by atomic mass is 19.1. The number of carbonyl (C=O) groups is 1. The van der Waals surface area contributed by atoms with Crippen molar-refractivity contribution in [2.24, 2.45) is 5.73 Å². The minimum Gasteiger partial charge on any atom is -0.493 e. The third kappa shape index (κ3) is 1.54. The van der Waals surface area contributed by atoms with Crippen molar-refractivity contribution in [1.82, 2.24) is 10.2 Å². The molecule has 0 aliphatic carbocycles. The van der Waals surface area contributed by atoms with Gasteiger partial charge in [-0.25, -0.2) is 4.39 Å². The molecule has 0 radical (unpaired) electrons. The minimum atomic E-state index is -0.580. The third-order valence-electron chi connectivity index (χ3n) is 2.92. The van der Waals surface area contributed by atoms with Crippen molar-refractivity contribution in [1.29, 1.82) is 0 Å². The summed E-state index contributed by atoms with van der Waals surface area (Å²) in [6, 6.07) is 4.22. The van der Waals surface area contributed by atoms with Gasteiger partial charge in [0.15, 0.2) is 0 Å². The first-order valence-corrected chi connectivity index (χ1v) is 5.46. The van der Waals surface area contributed by atoms with Crippen LogP contribution in [0.3, 0.4) is 0 Å². The van der Waals surface area contributed by atoms with E-state index in [1.165, 1.54) is 12.1 Å². The summed E-state index contributed by atoms with van der Waals surface area (Å²) >= 11 is 0. The van der Waals surface area contributed by atoms with Gasteiger partial charge in [-0.3, -0.25) is 9.89 Å². The van der Waals surface area contributed by atoms with Crippen LogP contribution >= 0.6 is 0 Å². The first-order valence-electron chi connectivity index (χ1n) is 5.46. The van der Waals surface area contributed by atoms with Gasteiger partial charge in [-0.1, -0.05) is 0 Å². The van der Waals surface area contributed by atoms with E-state index in [4.69, 9.17) is 10.5 Å². The smallest absolute Gasteiger partial charge is 0.267 e. The summed E-state index contributed by atoms with van der Waals surface area (Å²) in [5.41, 5.74) is 7.24. The SMILES string of the molecule is NC(=O)c1[nH]nc2c1CCOc1ccc(F)cc1-2. The van der Waals surface area contributed by atoms with Crippen LogP contribution in [0, 0.1) is 5.82 Å². The molecule has 1 aliphatic rings. The predicted molar refractivity (Wildman–Crippen MR) is 61.7 cm³/mol. The lowest BCUT2D eigenvalue weighted by molar-refractivity contribution is 0.0994. The Morgan fingerprint density at radius 2 is 2.33 bits per heavy atom. The zero-order valence-corrected chi connectivity index (χ0v) is 9.37. The Kier molecular flexibility index (Phi) is 2.29. The highest BCUT2D eigenvalue weighted by Crippen LogP contribution is 2.35. The molecule has 6 heteroatoms. The molecular weight excluding hydrogens is 237 g/mol. The lowest BCUT2D eigenvalue weighted by Crippen LogP contribution is -2.14. The molecule has 2 heterocycles. The summed E-state index contributed by atoms with van der Waals surface area (Å²) in [4.78, 5) is 11.3. The maximum absolute atomic E-state index is 13.3. The number of hydrogen-bond acceptors (Lipinski definition) is 3. The van der Waals surface area contributed by atoms with Crippen molar-refractivity contribution in [3.8, 4) is 17.0 Å². The van der Waals surface area contributed by atoms with Crippen molar-refractivity contribution in [3.63, 3.8) is 0 Å². The third-order valence-corrected chi connectivity index (χ3v) is 2.92. The molecule has 1 aliphatic heterocycles. The van der Waals surface area contributed by atoms with E-state index in [-0.39, 0.29) is 11.5 Å². The number of aromatic amines is 1. The van der Waals surface area contributed by atoms with Gasteiger partial charge in [0.1, 0.15) is 23.0 Å². The Hall–Kier alpha value is -2.37. The Bertz CT molecular complexity index is 636. The normalized spacial score (nSPS) is 13.2. The Labute approximate surface area is 102 Å². The quantitative estimate of drug-likeness (QED) is 0.795. The van der Waals surface area contributed by atoms with Crippen molar-refractivity contribution in [2.75, 3.05) is 6.61 Å². The molecule has 0 saturated carbocycles. The molecule has 3 rings (SSSR count). The number of primary amides is 1. The second-order valence-electron chi connectivity index (χ2n) is 4.03. The van der Waals surface area contributed by atoms with E-state index in [0.717, 1.165) is 0 Å². The molecule has 1 aromatic heterocycles. The van der Waals surface area contributed by atoms with Gasteiger partial charge < -0.3 is 10.5 Å². The molecule has 0 unspecified atom stereocenters. The number of H-pyrrole nitrogens is 1. The number of benzene rings is 1. The molecule has 18 heavy (non-hydrogen) atoms. The molecule has 5 nitrogen and oxygen atoms in total. The fraction of sp³-hybridized carbons (Fsp3) is 0.167. The second kappa shape index (κ2) is 3.83. The minimum absolute atomic E-state index is 0.255. The number of carbonyl (C=O) groups excluding carboxylic acids is 1. The molecule has 0 fully saturated rings. The monoisotopic (exact) mass is 247 g/mol. The largest absolute Gasteiger partial charge is 0.493 e. The summed E-state index contributed by atoms with van der Waals surface area (Å²) < 4.78 is 18.8. The number of nitrogens with zero attached hydrogens (tertiary/aromatic N) is 1. The zero-order valence-electron chi connectivity index (χ0n) is 9.37. The molecule has 1 aromatic carbocycles. The van der Waals surface area contributed by atoms with E-state index < -0.39 is 5.91 Å². The van der Waals surface area contributed by atoms with Gasteiger partial charge in [-0.15, -0.1) is 0 Å². The molecule has 1 amide bonds. The maximum atomic E-state index is 13.3. The van der Waals surface area contributed by atoms with E-state index in [1.54, 1.807) is 6.07 Å². The molecule has 2 aromatic rings. The summed E-state index contributed by atoms with van der Waals surface area (Å²) in [7, 11) is 0. The topological polar surface area (TPSA) is 81.0 Å². The van der Waals surface area contributed by atoms with Crippen LogP contribution in [0.15, 0.2) is 18.2 Å². The summed E-state index contributed by atoms with van der Waals surface area (Å²) in [5.74, 6) is -0.407. The van der Waals surface area contributed by atoms with Crippen LogP contribution in [-0.4, -0.2) is 22.7 Å². The average Bonchev–Trinajstić information content (AvgIpc) is 2.67. The lowest BCUT2D eigenvalue weighted by Gasteiger charge is -2.05. The van der Waals surface area contributed by atoms with E-state index in [0.29, 0.717) is 35.6 Å². The Balaban J connectivity index is 2.25. The zero-order chi connectivity index (χ0) is 12.7. The number of hydrogen-bond donors (Lipinski definition) is 2. The van der Waals surface area contributed by atoms with Crippen molar-refractivity contribution in [2.45, 2.75) is 6.42 Å². The van der Waals surface area contributed by atoms with Gasteiger partial charge in [-0.2, -0.15) is 5.10 Å². The van der Waals surface area contributed by atoms with Crippen LogP contribution in [0.5, 0.6) is 5.75 Å². The summed E-state index contributed by atoms with van der Waals surface area (Å²) in [6.07, 6.45) is 0.500. The van der Waals surface area contributed by atoms with Crippen LogP contribution in [0.25, 0.3) is 11.3 Å². The van der Waals surface area contributed by atoms with Crippen LogP contribution in [0.2, 0.25) is 0 Å². The second-order valence-corrected chi connectivity index (χ2v) is 4.03. The van der Waals surface area contributed by atoms with Crippen molar-refractivity contribution < 1.29 is 13.9 Å². The standard InChI is InChI=1S/C12H10FN3O2/c13-6-1-2-9-8(5-6)10-7(3-4-18-9)11(12(14)17)16-15-10/h1-2,5H,3-4H2,(H2,14,17)(H,15,16). The first-order chi connectivity index (χ1) is 8.66. The maximum Gasteiger partial charge on any atom is 0.267 e. The van der Waals surface area contributed by atoms with Crippen LogP contribution in [0.4, 0.5) is 4.39 Å². The van der Waals surface area contributed by atoms with Gasteiger partial charge >= 0.3 is 0 Å². The highest BCUT2D eigenvalue weighted by Gasteiger charge is 2.23. The first kappa shape index (κ1) is 10.8. The van der Waals surface area contributed by atoms with E-state index in [2.05, 4.69) is 10.2 Å². The summed E-state index contributed by atoms with van der Waals surface area (Å²) in [5, 5.41) is 6.65. The number of halogens is 1. The predicted octanol–water partition coefficient (Wildman–Crippen LogP) is 1.25. The van der Waals surface area contributed by atoms with Crippen LogP contribution in [-0.2, 0) is 6.42 Å². The number of nitrogens with two attached hydrogens (primary N) is 1. The molecule has 0 atom stereocenters. The highest BCUT2D eigenvalue weighted by molar-refractivity contribution is 5.94. The molecular formula is C12H10FN3O2. The van der Waals surface area contributed by atoms with Crippen molar-refractivity contribution in [3.05, 3.63) is 35.3 Å². The van der Waals surface area contributed by atoms with E-state index in [1.807, 2.05) is 0 Å².